The third-order valence-electron chi connectivity index (χ3n) is 3.75. The van der Waals surface area contributed by atoms with E-state index in [2.05, 4.69) is 19.9 Å². The van der Waals surface area contributed by atoms with E-state index in [1.54, 1.807) is 18.2 Å². The number of allylic oxidation sites excluding steroid dienone is 9. The first-order valence-electron chi connectivity index (χ1n) is 6.37. The van der Waals surface area contributed by atoms with Crippen molar-refractivity contribution in [2.75, 3.05) is 0 Å². The minimum atomic E-state index is -0.0633. The number of hydrogen-bond acceptors (Lipinski definition) is 2. The molecule has 0 unspecified atom stereocenters. The summed E-state index contributed by atoms with van der Waals surface area (Å²) >= 11 is 0. The molecule has 0 amide bonds. The summed E-state index contributed by atoms with van der Waals surface area (Å²) in [5.74, 6) is 0.784. The van der Waals surface area contributed by atoms with E-state index in [0.717, 1.165) is 19.3 Å². The lowest BCUT2D eigenvalue weighted by atomic mass is 9.73. The van der Waals surface area contributed by atoms with Crippen LogP contribution in [0.3, 0.4) is 0 Å². The van der Waals surface area contributed by atoms with Gasteiger partial charge in [-0.25, -0.2) is 0 Å². The Kier molecular flexibility index (Phi) is 3.46. The molecule has 0 spiro atoms. The smallest absolute Gasteiger partial charge is 0.111 e. The summed E-state index contributed by atoms with van der Waals surface area (Å²) in [6.07, 6.45) is 13.9. The van der Waals surface area contributed by atoms with Gasteiger partial charge in [0.05, 0.1) is 5.76 Å². The second-order valence-corrected chi connectivity index (χ2v) is 5.33. The molecular formula is C16H20O2. The quantitative estimate of drug-likeness (QED) is 0.750. The van der Waals surface area contributed by atoms with E-state index >= 15 is 0 Å². The van der Waals surface area contributed by atoms with Gasteiger partial charge in [0.25, 0.3) is 0 Å². The van der Waals surface area contributed by atoms with Crippen molar-refractivity contribution in [3.05, 3.63) is 59.1 Å². The summed E-state index contributed by atoms with van der Waals surface area (Å²) in [6.45, 7) is 4.38. The highest BCUT2D eigenvalue weighted by atomic mass is 16.3. The molecule has 2 heteroatoms. The molecule has 0 saturated carbocycles. The van der Waals surface area contributed by atoms with Crippen molar-refractivity contribution in [2.45, 2.75) is 33.1 Å². The maximum Gasteiger partial charge on any atom is 0.111 e. The van der Waals surface area contributed by atoms with Crippen LogP contribution in [0, 0.1) is 5.41 Å². The van der Waals surface area contributed by atoms with Gasteiger partial charge in [-0.05, 0) is 36.6 Å². The average Bonchev–Trinajstić information content (AvgIpc) is 2.55. The van der Waals surface area contributed by atoms with E-state index in [0.29, 0.717) is 11.5 Å². The normalized spacial score (nSPS) is 20.6. The fraction of sp³-hybridized carbons (Fsp3) is 0.375. The van der Waals surface area contributed by atoms with Crippen LogP contribution >= 0.6 is 0 Å². The molecule has 0 aromatic carbocycles. The Morgan fingerprint density at radius 2 is 1.78 bits per heavy atom. The van der Waals surface area contributed by atoms with E-state index in [-0.39, 0.29) is 5.41 Å². The van der Waals surface area contributed by atoms with Gasteiger partial charge in [0, 0.05) is 11.8 Å². The van der Waals surface area contributed by atoms with E-state index in [9.17, 15) is 10.2 Å². The third kappa shape index (κ3) is 2.58. The van der Waals surface area contributed by atoms with Crippen LogP contribution in [-0.2, 0) is 0 Å². The first-order chi connectivity index (χ1) is 8.50. The Labute approximate surface area is 108 Å². The van der Waals surface area contributed by atoms with Crippen LogP contribution in [0.25, 0.3) is 0 Å². The average molecular weight is 244 g/mol. The molecule has 2 nitrogen and oxygen atoms in total. The molecule has 18 heavy (non-hydrogen) atoms. The van der Waals surface area contributed by atoms with Crippen molar-refractivity contribution in [1.82, 2.24) is 0 Å². The summed E-state index contributed by atoms with van der Waals surface area (Å²) in [7, 11) is 0. The first-order valence-corrected chi connectivity index (χ1v) is 6.37. The molecule has 2 rings (SSSR count). The third-order valence-corrected chi connectivity index (χ3v) is 3.75. The fourth-order valence-electron chi connectivity index (χ4n) is 2.41. The fourth-order valence-corrected chi connectivity index (χ4v) is 2.41. The highest BCUT2D eigenvalue weighted by Crippen LogP contribution is 2.40. The van der Waals surface area contributed by atoms with Crippen molar-refractivity contribution in [1.29, 1.82) is 0 Å². The van der Waals surface area contributed by atoms with Crippen LogP contribution in [0.2, 0.25) is 0 Å². The lowest BCUT2D eigenvalue weighted by Crippen LogP contribution is -2.18. The monoisotopic (exact) mass is 244 g/mol. The summed E-state index contributed by atoms with van der Waals surface area (Å²) in [4.78, 5) is 0. The van der Waals surface area contributed by atoms with Gasteiger partial charge in [0.2, 0.25) is 0 Å². The van der Waals surface area contributed by atoms with Gasteiger partial charge >= 0.3 is 0 Å². The van der Waals surface area contributed by atoms with Gasteiger partial charge in [0.15, 0.2) is 0 Å². The maximum absolute atomic E-state index is 9.50. The minimum absolute atomic E-state index is 0.0633. The Bertz CT molecular complexity index is 485. The maximum atomic E-state index is 9.50. The zero-order valence-electron chi connectivity index (χ0n) is 11.0. The predicted octanol–water partition coefficient (Wildman–Crippen LogP) is 4.50. The molecule has 0 bridgehead atoms. The largest absolute Gasteiger partial charge is 0.512 e. The Morgan fingerprint density at radius 3 is 2.44 bits per heavy atom. The zero-order valence-corrected chi connectivity index (χ0v) is 11.0. The lowest BCUT2D eigenvalue weighted by Gasteiger charge is -2.31. The molecule has 0 heterocycles. The van der Waals surface area contributed by atoms with E-state index < -0.39 is 0 Å². The topological polar surface area (TPSA) is 40.5 Å². The molecule has 2 N–H and O–H groups in total. The van der Waals surface area contributed by atoms with E-state index in [4.69, 9.17) is 0 Å². The molecule has 0 aromatic heterocycles. The molecule has 0 atom stereocenters. The SMILES string of the molecule is CC(C)(C1=CCC=C(O)C=C1)C1=CC=C(O)CC1. The van der Waals surface area contributed by atoms with Crippen molar-refractivity contribution >= 4 is 0 Å². The molecule has 2 aliphatic rings. The summed E-state index contributed by atoms with van der Waals surface area (Å²) in [5.41, 5.74) is 2.47. The van der Waals surface area contributed by atoms with Crippen LogP contribution in [0.1, 0.15) is 33.1 Å². The highest BCUT2D eigenvalue weighted by Gasteiger charge is 2.27. The van der Waals surface area contributed by atoms with Gasteiger partial charge in [-0.3, -0.25) is 0 Å². The van der Waals surface area contributed by atoms with Crippen LogP contribution in [0.4, 0.5) is 0 Å². The van der Waals surface area contributed by atoms with Crippen molar-refractivity contribution in [2.24, 2.45) is 5.41 Å². The van der Waals surface area contributed by atoms with E-state index in [1.807, 2.05) is 12.2 Å². The van der Waals surface area contributed by atoms with Gasteiger partial charge < -0.3 is 10.2 Å². The van der Waals surface area contributed by atoms with E-state index in [1.165, 1.54) is 11.1 Å². The van der Waals surface area contributed by atoms with Gasteiger partial charge in [-0.2, -0.15) is 0 Å². The summed E-state index contributed by atoms with van der Waals surface area (Å²) in [6, 6.07) is 0. The summed E-state index contributed by atoms with van der Waals surface area (Å²) < 4.78 is 0. The molecule has 0 aromatic rings. The van der Waals surface area contributed by atoms with Crippen LogP contribution in [0.5, 0.6) is 0 Å². The van der Waals surface area contributed by atoms with Crippen molar-refractivity contribution in [3.63, 3.8) is 0 Å². The minimum Gasteiger partial charge on any atom is -0.512 e. The molecule has 0 saturated heterocycles. The van der Waals surface area contributed by atoms with Gasteiger partial charge in [-0.1, -0.05) is 37.6 Å². The van der Waals surface area contributed by atoms with Crippen LogP contribution in [-0.4, -0.2) is 10.2 Å². The summed E-state index contributed by atoms with van der Waals surface area (Å²) in [5, 5.41) is 18.9. The standard InChI is InChI=1S/C16H20O2/c1-16(2,13-7-10-15(18)11-8-13)12-4-3-5-14(17)9-6-12/h4-7,9-10,17-18H,3,8,11H2,1-2H3. The van der Waals surface area contributed by atoms with Crippen molar-refractivity contribution < 1.29 is 10.2 Å². The Balaban J connectivity index is 2.27. The molecule has 0 fully saturated rings. The molecule has 96 valence electrons. The Hall–Kier alpha value is -1.70. The van der Waals surface area contributed by atoms with Crippen LogP contribution in [0.15, 0.2) is 59.1 Å². The van der Waals surface area contributed by atoms with Gasteiger partial charge in [-0.15, -0.1) is 0 Å². The van der Waals surface area contributed by atoms with Gasteiger partial charge in [0.1, 0.15) is 5.76 Å². The molecule has 0 aliphatic heterocycles. The number of rotatable bonds is 2. The molecular weight excluding hydrogens is 224 g/mol. The number of hydrogen-bond donors (Lipinski definition) is 2. The number of aliphatic hydroxyl groups excluding tert-OH is 2. The second kappa shape index (κ2) is 4.89. The zero-order chi connectivity index (χ0) is 13.2. The predicted molar refractivity (Wildman–Crippen MR) is 74.4 cm³/mol. The molecule has 2 aliphatic carbocycles. The first kappa shape index (κ1) is 12.7. The number of aliphatic hydroxyl groups is 2. The lowest BCUT2D eigenvalue weighted by molar-refractivity contribution is 0.378. The van der Waals surface area contributed by atoms with Crippen LogP contribution < -0.4 is 0 Å². The highest BCUT2D eigenvalue weighted by molar-refractivity contribution is 5.41. The second-order valence-electron chi connectivity index (χ2n) is 5.33. The Morgan fingerprint density at radius 1 is 1.00 bits per heavy atom. The molecule has 0 radical (unpaired) electrons. The van der Waals surface area contributed by atoms with Crippen molar-refractivity contribution in [3.8, 4) is 0 Å².